The van der Waals surface area contributed by atoms with Gasteiger partial charge in [0.2, 0.25) is 0 Å². The molecule has 1 N–H and O–H groups in total. The Hall–Kier alpha value is -4.09. The van der Waals surface area contributed by atoms with Crippen molar-refractivity contribution in [1.29, 1.82) is 0 Å². The molecule has 2 aromatic carbocycles. The molecular weight excluding hydrogens is 588 g/mol. The van der Waals surface area contributed by atoms with Gasteiger partial charge in [-0.1, -0.05) is 36.8 Å². The first-order valence-corrected chi connectivity index (χ1v) is 15.7. The summed E-state index contributed by atoms with van der Waals surface area (Å²) < 4.78 is 9.86. The molecule has 0 saturated carbocycles. The van der Waals surface area contributed by atoms with Gasteiger partial charge in [0.05, 0.1) is 15.7 Å². The monoisotopic (exact) mass is 620 g/mol. The Morgan fingerprint density at radius 2 is 1.70 bits per heavy atom. The van der Waals surface area contributed by atoms with Gasteiger partial charge in [-0.3, -0.25) is 18.7 Å². The summed E-state index contributed by atoms with van der Waals surface area (Å²) in [5, 5.41) is 1.64. The van der Waals surface area contributed by atoms with Gasteiger partial charge in [0, 0.05) is 50.0 Å². The van der Waals surface area contributed by atoms with Crippen LogP contribution in [0.2, 0.25) is 5.02 Å². The van der Waals surface area contributed by atoms with Crippen LogP contribution in [-0.4, -0.2) is 62.7 Å². The zero-order chi connectivity index (χ0) is 30.1. The molecule has 1 aliphatic rings. The zero-order valence-electron chi connectivity index (χ0n) is 24.1. The molecule has 43 heavy (non-hydrogen) atoms. The molecule has 1 fully saturated rings. The SMILES string of the molecule is CCCn1c(=O)c2[nH]c(-c3ccc(OCC(=O)N4CCN(c5nc6ccc(Cl)cc6s5)CC4)cc3)cc2n(CCC)c1=O. The smallest absolute Gasteiger partial charge is 0.331 e. The van der Waals surface area contributed by atoms with Crippen LogP contribution in [0.3, 0.4) is 0 Å². The van der Waals surface area contributed by atoms with Gasteiger partial charge in [-0.25, -0.2) is 9.78 Å². The Bertz CT molecular complexity index is 1900. The fraction of sp³-hybridized carbons (Fsp3) is 0.355. The van der Waals surface area contributed by atoms with Gasteiger partial charge < -0.3 is 19.5 Å². The number of halogens is 1. The molecule has 0 bridgehead atoms. The number of rotatable bonds is 9. The van der Waals surface area contributed by atoms with Gasteiger partial charge in [0.1, 0.15) is 11.3 Å². The summed E-state index contributed by atoms with van der Waals surface area (Å²) in [6.07, 6.45) is 1.47. The van der Waals surface area contributed by atoms with Crippen LogP contribution in [0.1, 0.15) is 26.7 Å². The number of aromatic amines is 1. The molecular formula is C31H33ClN6O4S. The highest BCUT2D eigenvalue weighted by atomic mass is 35.5. The number of nitrogens with zero attached hydrogens (tertiary/aromatic N) is 5. The van der Waals surface area contributed by atoms with Crippen molar-refractivity contribution in [2.45, 2.75) is 39.8 Å². The molecule has 4 heterocycles. The summed E-state index contributed by atoms with van der Waals surface area (Å²) in [6.45, 7) is 7.41. The normalized spacial score (nSPS) is 13.7. The van der Waals surface area contributed by atoms with E-state index in [4.69, 9.17) is 21.3 Å². The van der Waals surface area contributed by atoms with Crippen molar-refractivity contribution in [2.75, 3.05) is 37.7 Å². The number of anilines is 1. The van der Waals surface area contributed by atoms with Gasteiger partial charge in [0.15, 0.2) is 11.7 Å². The summed E-state index contributed by atoms with van der Waals surface area (Å²) in [4.78, 5) is 50.9. The van der Waals surface area contributed by atoms with E-state index in [1.54, 1.807) is 28.0 Å². The Labute approximate surface area is 257 Å². The van der Waals surface area contributed by atoms with Crippen LogP contribution in [-0.2, 0) is 17.9 Å². The highest BCUT2D eigenvalue weighted by Gasteiger charge is 2.23. The lowest BCUT2D eigenvalue weighted by Crippen LogP contribution is -2.50. The van der Waals surface area contributed by atoms with Crippen molar-refractivity contribution in [3.05, 3.63) is 74.4 Å². The molecule has 10 nitrogen and oxygen atoms in total. The number of hydrogen-bond donors (Lipinski definition) is 1. The maximum Gasteiger partial charge on any atom is 0.331 e. The van der Waals surface area contributed by atoms with Crippen LogP contribution in [0.5, 0.6) is 5.75 Å². The largest absolute Gasteiger partial charge is 0.484 e. The van der Waals surface area contributed by atoms with E-state index in [0.29, 0.717) is 67.5 Å². The highest BCUT2D eigenvalue weighted by Crippen LogP contribution is 2.31. The number of amides is 1. The van der Waals surface area contributed by atoms with Crippen LogP contribution in [0.25, 0.3) is 32.5 Å². The maximum absolute atomic E-state index is 13.1. The number of benzene rings is 2. The first-order chi connectivity index (χ1) is 20.9. The van der Waals surface area contributed by atoms with Gasteiger partial charge in [-0.2, -0.15) is 0 Å². The van der Waals surface area contributed by atoms with Gasteiger partial charge in [-0.15, -0.1) is 0 Å². The predicted octanol–water partition coefficient (Wildman–Crippen LogP) is 4.97. The summed E-state index contributed by atoms with van der Waals surface area (Å²) in [5.41, 5.74) is 2.97. The van der Waals surface area contributed by atoms with Crippen molar-refractivity contribution >= 4 is 55.2 Å². The van der Waals surface area contributed by atoms with Crippen LogP contribution in [0.4, 0.5) is 5.13 Å². The zero-order valence-corrected chi connectivity index (χ0v) is 25.7. The van der Waals surface area contributed by atoms with E-state index in [1.807, 2.05) is 55.1 Å². The number of carbonyl (C=O) groups excluding carboxylic acids is 1. The number of hydrogen-bond acceptors (Lipinski definition) is 7. The van der Waals surface area contributed by atoms with Crippen molar-refractivity contribution in [2.24, 2.45) is 0 Å². The molecule has 12 heteroatoms. The number of thiazole rings is 1. The van der Waals surface area contributed by atoms with Crippen LogP contribution >= 0.6 is 22.9 Å². The lowest BCUT2D eigenvalue weighted by atomic mass is 10.1. The lowest BCUT2D eigenvalue weighted by Gasteiger charge is -2.34. The molecule has 0 unspecified atom stereocenters. The Morgan fingerprint density at radius 1 is 0.977 bits per heavy atom. The van der Waals surface area contributed by atoms with E-state index in [9.17, 15) is 14.4 Å². The Kier molecular flexibility index (Phi) is 8.27. The predicted molar refractivity (Wildman–Crippen MR) is 172 cm³/mol. The molecule has 0 spiro atoms. The minimum Gasteiger partial charge on any atom is -0.484 e. The van der Waals surface area contributed by atoms with Crippen molar-refractivity contribution in [1.82, 2.24) is 24.0 Å². The van der Waals surface area contributed by atoms with Crippen molar-refractivity contribution in [3.63, 3.8) is 0 Å². The molecule has 6 rings (SSSR count). The second-order valence-corrected chi connectivity index (χ2v) is 12.1. The average molecular weight is 621 g/mol. The number of piperazine rings is 1. The Morgan fingerprint density at radius 3 is 2.42 bits per heavy atom. The molecule has 224 valence electrons. The topological polar surface area (TPSA) is 105 Å². The summed E-state index contributed by atoms with van der Waals surface area (Å²) in [6, 6.07) is 14.9. The third-order valence-electron chi connectivity index (χ3n) is 7.67. The van der Waals surface area contributed by atoms with Gasteiger partial charge in [0.25, 0.3) is 11.5 Å². The number of aromatic nitrogens is 4. The molecule has 3 aromatic heterocycles. The summed E-state index contributed by atoms with van der Waals surface area (Å²) in [7, 11) is 0. The summed E-state index contributed by atoms with van der Waals surface area (Å²) in [5.74, 6) is 0.515. The van der Waals surface area contributed by atoms with Crippen molar-refractivity contribution in [3.8, 4) is 17.0 Å². The number of aryl methyl sites for hydroxylation is 1. The molecule has 1 saturated heterocycles. The third-order valence-corrected chi connectivity index (χ3v) is 8.99. The Balaban J connectivity index is 1.09. The molecule has 1 amide bonds. The van der Waals surface area contributed by atoms with Crippen LogP contribution < -0.4 is 20.9 Å². The second-order valence-electron chi connectivity index (χ2n) is 10.6. The minimum atomic E-state index is -0.301. The fourth-order valence-corrected chi connectivity index (χ4v) is 6.74. The van der Waals surface area contributed by atoms with Crippen LogP contribution in [0.15, 0.2) is 58.1 Å². The number of fused-ring (bicyclic) bond motifs is 2. The first-order valence-electron chi connectivity index (χ1n) is 14.5. The first kappa shape index (κ1) is 29.0. The van der Waals surface area contributed by atoms with E-state index in [1.165, 1.54) is 4.57 Å². The molecule has 1 aliphatic heterocycles. The minimum absolute atomic E-state index is 0.0500. The van der Waals surface area contributed by atoms with Crippen molar-refractivity contribution < 1.29 is 9.53 Å². The van der Waals surface area contributed by atoms with Gasteiger partial charge >= 0.3 is 5.69 Å². The van der Waals surface area contributed by atoms with E-state index in [0.717, 1.165) is 33.0 Å². The maximum atomic E-state index is 13.1. The van der Waals surface area contributed by atoms with Crippen LogP contribution in [0, 0.1) is 0 Å². The third kappa shape index (κ3) is 5.79. The summed E-state index contributed by atoms with van der Waals surface area (Å²) >= 11 is 7.73. The number of nitrogens with one attached hydrogen (secondary N) is 1. The average Bonchev–Trinajstić information content (AvgIpc) is 3.65. The van der Waals surface area contributed by atoms with Gasteiger partial charge in [-0.05, 0) is 66.9 Å². The van der Waals surface area contributed by atoms with E-state index >= 15 is 0 Å². The number of H-pyrrole nitrogens is 1. The highest BCUT2D eigenvalue weighted by molar-refractivity contribution is 7.22. The number of ether oxygens (including phenoxy) is 1. The standard InChI is InChI=1S/C31H33ClN6O4S/c1-3-11-37-25-18-24(33-28(25)29(40)38(12-4-2)31(37)41)20-5-8-22(9-6-20)42-19-27(39)35-13-15-36(16-14-35)30-34-23-10-7-21(32)17-26(23)43-30/h5-10,17-18,33H,3-4,11-16,19H2,1-2H3. The molecule has 0 atom stereocenters. The molecule has 0 radical (unpaired) electrons. The molecule has 0 aliphatic carbocycles. The quantitative estimate of drug-likeness (QED) is 0.250. The lowest BCUT2D eigenvalue weighted by molar-refractivity contribution is -0.133. The van der Waals surface area contributed by atoms with E-state index < -0.39 is 0 Å². The number of carbonyl (C=O) groups is 1. The molecule has 5 aromatic rings. The fourth-order valence-electron chi connectivity index (χ4n) is 5.44. The van der Waals surface area contributed by atoms with E-state index in [2.05, 4.69) is 9.88 Å². The second kappa shape index (κ2) is 12.3. The van der Waals surface area contributed by atoms with E-state index in [-0.39, 0.29) is 23.8 Å².